The monoisotopic (exact) mass is 390 g/mol. The van der Waals surface area contributed by atoms with Crippen molar-refractivity contribution in [3.8, 4) is 17.4 Å². The van der Waals surface area contributed by atoms with E-state index in [1.54, 1.807) is 13.0 Å². The first-order valence-corrected chi connectivity index (χ1v) is 9.28. The third kappa shape index (κ3) is 5.52. The molecular formula is C21H26O7. The summed E-state index contributed by atoms with van der Waals surface area (Å²) in [6.45, 7) is 3.76. The van der Waals surface area contributed by atoms with Gasteiger partial charge in [-0.15, -0.1) is 0 Å². The molecule has 0 spiro atoms. The normalized spacial score (nSPS) is 10.7. The predicted octanol–water partition coefficient (Wildman–Crippen LogP) is 4.69. The van der Waals surface area contributed by atoms with Crippen LogP contribution in [0.25, 0.3) is 0 Å². The molecule has 0 saturated carbocycles. The number of benzene rings is 1. The molecule has 0 fully saturated rings. The van der Waals surface area contributed by atoms with Gasteiger partial charge in [0.2, 0.25) is 0 Å². The predicted molar refractivity (Wildman–Crippen MR) is 102 cm³/mol. The first kappa shape index (κ1) is 21.3. The first-order valence-electron chi connectivity index (χ1n) is 9.28. The van der Waals surface area contributed by atoms with Gasteiger partial charge in [0.25, 0.3) is 5.95 Å². The zero-order valence-electron chi connectivity index (χ0n) is 16.4. The molecule has 0 atom stereocenters. The van der Waals surface area contributed by atoms with E-state index in [1.807, 2.05) is 0 Å². The Hall–Kier alpha value is -2.96. The van der Waals surface area contributed by atoms with Gasteiger partial charge in [-0.1, -0.05) is 26.2 Å². The molecule has 0 saturated heterocycles. The maximum Gasteiger partial charge on any atom is 0.516 e. The van der Waals surface area contributed by atoms with Crippen molar-refractivity contribution >= 4 is 11.9 Å². The fourth-order valence-corrected chi connectivity index (χ4v) is 2.90. The number of carbonyl (C=O) groups excluding carboxylic acids is 2. The maximum absolute atomic E-state index is 12.7. The summed E-state index contributed by atoms with van der Waals surface area (Å²) in [6, 6.07) is 4.18. The number of Topliss-reactive ketones (excluding diaryl/α,β-unsaturated/α-hetero) is 1. The molecule has 1 aromatic carbocycles. The summed E-state index contributed by atoms with van der Waals surface area (Å²) in [5, 5.41) is 20.2. The van der Waals surface area contributed by atoms with Gasteiger partial charge >= 0.3 is 6.16 Å². The number of carbonyl (C=O) groups is 2. The van der Waals surface area contributed by atoms with Gasteiger partial charge in [0.15, 0.2) is 5.78 Å². The number of phenols is 2. The van der Waals surface area contributed by atoms with E-state index >= 15 is 0 Å². The van der Waals surface area contributed by atoms with Crippen molar-refractivity contribution in [3.63, 3.8) is 0 Å². The number of methoxy groups -OCH3 is 1. The number of furan rings is 1. The van der Waals surface area contributed by atoms with E-state index in [9.17, 15) is 19.8 Å². The van der Waals surface area contributed by atoms with Crippen molar-refractivity contribution in [1.29, 1.82) is 0 Å². The summed E-state index contributed by atoms with van der Waals surface area (Å²) >= 11 is 0. The second-order valence-corrected chi connectivity index (χ2v) is 6.61. The van der Waals surface area contributed by atoms with Gasteiger partial charge in [0.05, 0.1) is 12.7 Å². The Morgan fingerprint density at radius 3 is 2.46 bits per heavy atom. The lowest BCUT2D eigenvalue weighted by Gasteiger charge is -2.10. The van der Waals surface area contributed by atoms with Crippen LogP contribution in [-0.4, -0.2) is 29.3 Å². The quantitative estimate of drug-likeness (QED) is 0.363. The lowest BCUT2D eigenvalue weighted by molar-refractivity contribution is 0.0988. The Bertz CT molecular complexity index is 836. The van der Waals surface area contributed by atoms with Crippen molar-refractivity contribution in [2.24, 2.45) is 0 Å². The molecule has 1 aromatic heterocycles. The van der Waals surface area contributed by atoms with Gasteiger partial charge in [0.1, 0.15) is 17.3 Å². The van der Waals surface area contributed by atoms with Crippen molar-refractivity contribution in [2.45, 2.75) is 52.4 Å². The summed E-state index contributed by atoms with van der Waals surface area (Å²) < 4.78 is 14.5. The fourth-order valence-electron chi connectivity index (χ4n) is 2.90. The average Bonchev–Trinajstić information content (AvgIpc) is 2.98. The molecule has 0 radical (unpaired) electrons. The number of rotatable bonds is 9. The van der Waals surface area contributed by atoms with E-state index in [0.717, 1.165) is 25.7 Å². The molecule has 0 aliphatic carbocycles. The standard InChI is InChI=1S/C21H26O7/c1-4-5-6-7-8-14-9-16(19(24)12-17(14)22)18(23)10-15-11-20(27-13(15)2)28-21(25)26-3/h9,11-12,22,24H,4-8,10H2,1-3H3. The molecule has 0 aliphatic heterocycles. The van der Waals surface area contributed by atoms with Gasteiger partial charge in [-0.05, 0) is 31.4 Å². The topological polar surface area (TPSA) is 106 Å². The summed E-state index contributed by atoms with van der Waals surface area (Å²) in [4.78, 5) is 23.9. The highest BCUT2D eigenvalue weighted by atomic mass is 16.7. The van der Waals surface area contributed by atoms with Crippen LogP contribution < -0.4 is 4.74 Å². The largest absolute Gasteiger partial charge is 0.516 e. The highest BCUT2D eigenvalue weighted by Crippen LogP contribution is 2.31. The number of phenolic OH excluding ortho intramolecular Hbond substituents is 2. The minimum Gasteiger partial charge on any atom is -0.508 e. The number of hydrogen-bond donors (Lipinski definition) is 2. The van der Waals surface area contributed by atoms with Crippen molar-refractivity contribution < 1.29 is 33.7 Å². The van der Waals surface area contributed by atoms with Crippen LogP contribution in [0, 0.1) is 6.92 Å². The van der Waals surface area contributed by atoms with Crippen LogP contribution in [0.3, 0.4) is 0 Å². The smallest absolute Gasteiger partial charge is 0.508 e. The average molecular weight is 390 g/mol. The third-order valence-corrected chi connectivity index (χ3v) is 4.50. The summed E-state index contributed by atoms with van der Waals surface area (Å²) in [5.41, 5.74) is 1.30. The molecule has 152 valence electrons. The number of aryl methyl sites for hydroxylation is 2. The van der Waals surface area contributed by atoms with Crippen LogP contribution in [-0.2, 0) is 17.6 Å². The van der Waals surface area contributed by atoms with Crippen LogP contribution >= 0.6 is 0 Å². The molecule has 1 heterocycles. The molecule has 0 aliphatic rings. The maximum atomic E-state index is 12.7. The van der Waals surface area contributed by atoms with Gasteiger partial charge < -0.3 is 24.1 Å². The molecule has 7 heteroatoms. The molecular weight excluding hydrogens is 364 g/mol. The second-order valence-electron chi connectivity index (χ2n) is 6.61. The lowest BCUT2D eigenvalue weighted by atomic mass is 9.97. The highest BCUT2D eigenvalue weighted by Gasteiger charge is 2.19. The molecule has 0 amide bonds. The van der Waals surface area contributed by atoms with Crippen LogP contribution in [0.4, 0.5) is 4.79 Å². The van der Waals surface area contributed by atoms with Crippen LogP contribution in [0.5, 0.6) is 17.4 Å². The molecule has 2 N–H and O–H groups in total. The summed E-state index contributed by atoms with van der Waals surface area (Å²) in [7, 11) is 1.18. The van der Waals surface area contributed by atoms with Crippen LogP contribution in [0.15, 0.2) is 22.6 Å². The summed E-state index contributed by atoms with van der Waals surface area (Å²) in [6.07, 6.45) is 3.82. The number of hydrogen-bond acceptors (Lipinski definition) is 7. The third-order valence-electron chi connectivity index (χ3n) is 4.50. The van der Waals surface area contributed by atoms with Crippen LogP contribution in [0.2, 0.25) is 0 Å². The zero-order chi connectivity index (χ0) is 20.7. The van der Waals surface area contributed by atoms with Crippen molar-refractivity contribution in [2.75, 3.05) is 7.11 Å². The van der Waals surface area contributed by atoms with Gasteiger partial charge in [0, 0.05) is 24.1 Å². The summed E-state index contributed by atoms with van der Waals surface area (Å²) in [5.74, 6) is -0.268. The molecule has 28 heavy (non-hydrogen) atoms. The molecule has 7 nitrogen and oxygen atoms in total. The number of ketones is 1. The molecule has 0 bridgehead atoms. The SMILES string of the molecule is CCCCCCc1cc(C(=O)Cc2cc(OC(=O)OC)oc2C)c(O)cc1O. The van der Waals surface area contributed by atoms with Gasteiger partial charge in [-0.2, -0.15) is 0 Å². The Kier molecular flexibility index (Phi) is 7.49. The molecule has 0 unspecified atom stereocenters. The van der Waals surface area contributed by atoms with Crippen molar-refractivity contribution in [3.05, 3.63) is 40.6 Å². The molecule has 2 rings (SSSR count). The second kappa shape index (κ2) is 9.82. The van der Waals surface area contributed by atoms with E-state index < -0.39 is 6.16 Å². The fraction of sp³-hybridized carbons (Fsp3) is 0.429. The molecule has 2 aromatic rings. The zero-order valence-corrected chi connectivity index (χ0v) is 16.4. The van der Waals surface area contributed by atoms with Gasteiger partial charge in [-0.25, -0.2) is 4.79 Å². The minimum atomic E-state index is -0.921. The number of aromatic hydroxyl groups is 2. The lowest BCUT2D eigenvalue weighted by Crippen LogP contribution is -2.06. The Morgan fingerprint density at radius 2 is 1.79 bits per heavy atom. The Morgan fingerprint density at radius 1 is 1.04 bits per heavy atom. The number of unbranched alkanes of at least 4 members (excludes halogenated alkanes) is 3. The van der Waals surface area contributed by atoms with E-state index in [0.29, 0.717) is 23.3 Å². The van der Waals surface area contributed by atoms with E-state index in [4.69, 9.17) is 9.15 Å². The van der Waals surface area contributed by atoms with Gasteiger partial charge in [-0.3, -0.25) is 4.79 Å². The number of ether oxygens (including phenoxy) is 2. The van der Waals surface area contributed by atoms with E-state index in [-0.39, 0.29) is 35.2 Å². The van der Waals surface area contributed by atoms with Crippen molar-refractivity contribution in [1.82, 2.24) is 0 Å². The highest BCUT2D eigenvalue weighted by molar-refractivity contribution is 6.00. The Labute approximate surface area is 163 Å². The van der Waals surface area contributed by atoms with E-state index in [2.05, 4.69) is 11.7 Å². The van der Waals surface area contributed by atoms with E-state index in [1.165, 1.54) is 19.2 Å². The minimum absolute atomic E-state index is 0.0150. The van der Waals surface area contributed by atoms with Crippen LogP contribution in [0.1, 0.15) is 59.9 Å². The first-order chi connectivity index (χ1) is 13.3. The Balaban J connectivity index is 2.14.